The number of aromatic hydroxyl groups is 1. The van der Waals surface area contributed by atoms with Crippen LogP contribution in [0, 0.1) is 0 Å². The molecule has 0 fully saturated rings. The first kappa shape index (κ1) is 22.5. The molecular weight excluding hydrogens is 320 g/mol. The molecule has 0 aromatic heterocycles. The highest BCUT2D eigenvalue weighted by atomic mass is 16.3. The lowest BCUT2D eigenvalue weighted by Gasteiger charge is -2.03. The lowest BCUT2D eigenvalue weighted by Crippen LogP contribution is -1.99. The second kappa shape index (κ2) is 15.7. The van der Waals surface area contributed by atoms with E-state index in [1.165, 1.54) is 70.6 Å². The summed E-state index contributed by atoms with van der Waals surface area (Å²) in [7, 11) is 0. The molecule has 0 atom stereocenters. The number of Topliss-reactive ketones (excluding diaryl/α,β-unsaturated/α-hetero) is 1. The number of carbonyl (C=O) groups excluding carboxylic acids is 1. The minimum atomic E-state index is 0.0562. The lowest BCUT2D eigenvalue weighted by molar-refractivity contribution is 0.0976. The van der Waals surface area contributed by atoms with E-state index in [0.717, 1.165) is 12.8 Å². The van der Waals surface area contributed by atoms with Crippen LogP contribution in [0.4, 0.5) is 0 Å². The van der Waals surface area contributed by atoms with Gasteiger partial charge in [0.2, 0.25) is 0 Å². The Morgan fingerprint density at radius 1 is 0.808 bits per heavy atom. The van der Waals surface area contributed by atoms with Crippen molar-refractivity contribution in [2.75, 3.05) is 0 Å². The van der Waals surface area contributed by atoms with Crippen molar-refractivity contribution in [3.05, 3.63) is 42.0 Å². The fourth-order valence-corrected chi connectivity index (χ4v) is 3.20. The van der Waals surface area contributed by atoms with Gasteiger partial charge in [-0.2, -0.15) is 0 Å². The number of carbonyl (C=O) groups is 1. The number of rotatable bonds is 16. The summed E-state index contributed by atoms with van der Waals surface area (Å²) in [5.41, 5.74) is 0.461. The van der Waals surface area contributed by atoms with Crippen molar-refractivity contribution in [3.8, 4) is 5.75 Å². The maximum absolute atomic E-state index is 12.0. The molecule has 0 unspecified atom stereocenters. The molecule has 146 valence electrons. The molecule has 0 aliphatic rings. The molecule has 0 bridgehead atoms. The summed E-state index contributed by atoms with van der Waals surface area (Å²) in [5, 5.41) is 9.68. The zero-order chi connectivity index (χ0) is 18.9. The van der Waals surface area contributed by atoms with E-state index in [4.69, 9.17) is 0 Å². The third kappa shape index (κ3) is 11.1. The van der Waals surface area contributed by atoms with Crippen LogP contribution >= 0.6 is 0 Å². The summed E-state index contributed by atoms with van der Waals surface area (Å²) in [6.45, 7) is 2.26. The number of benzene rings is 1. The molecule has 1 rings (SSSR count). The molecule has 0 radical (unpaired) electrons. The van der Waals surface area contributed by atoms with Gasteiger partial charge in [-0.05, 0) is 44.2 Å². The topological polar surface area (TPSA) is 37.3 Å². The second-order valence-corrected chi connectivity index (χ2v) is 7.27. The molecule has 0 aliphatic carbocycles. The Kier molecular flexibility index (Phi) is 13.5. The molecule has 0 saturated heterocycles. The van der Waals surface area contributed by atoms with Gasteiger partial charge in [0.25, 0.3) is 0 Å². The predicted molar refractivity (Wildman–Crippen MR) is 112 cm³/mol. The molecule has 1 aromatic rings. The molecular formula is C24H38O2. The van der Waals surface area contributed by atoms with Crippen LogP contribution in [0.25, 0.3) is 0 Å². The van der Waals surface area contributed by atoms with Gasteiger partial charge < -0.3 is 5.11 Å². The maximum Gasteiger partial charge on any atom is 0.166 e. The first-order valence-corrected chi connectivity index (χ1v) is 10.7. The minimum absolute atomic E-state index is 0.0562. The quantitative estimate of drug-likeness (QED) is 0.187. The summed E-state index contributed by atoms with van der Waals surface area (Å²) in [6, 6.07) is 6.82. The van der Waals surface area contributed by atoms with E-state index in [-0.39, 0.29) is 11.5 Å². The number of para-hydroxylation sites is 1. The maximum atomic E-state index is 12.0. The first-order chi connectivity index (χ1) is 12.8. The van der Waals surface area contributed by atoms with E-state index in [0.29, 0.717) is 12.0 Å². The van der Waals surface area contributed by atoms with Gasteiger partial charge in [0.1, 0.15) is 5.75 Å². The van der Waals surface area contributed by atoms with Crippen LogP contribution in [0.1, 0.15) is 107 Å². The van der Waals surface area contributed by atoms with E-state index >= 15 is 0 Å². The van der Waals surface area contributed by atoms with Crippen LogP contribution in [-0.4, -0.2) is 10.9 Å². The van der Waals surface area contributed by atoms with Gasteiger partial charge in [-0.15, -0.1) is 0 Å². The predicted octanol–water partition coefficient (Wildman–Crippen LogP) is 7.61. The zero-order valence-corrected chi connectivity index (χ0v) is 16.7. The molecule has 0 aliphatic heterocycles. The van der Waals surface area contributed by atoms with Crippen molar-refractivity contribution in [3.63, 3.8) is 0 Å². The molecule has 2 heteroatoms. The standard InChI is InChI=1S/C24H38O2/c1-2-3-4-5-6-7-8-9-10-11-12-13-14-15-16-20-23(25)22-19-17-18-21-24(22)26/h9-10,17-19,21,26H,2-8,11-16,20H2,1H3/b10-9-. The van der Waals surface area contributed by atoms with Crippen molar-refractivity contribution in [2.24, 2.45) is 0 Å². The van der Waals surface area contributed by atoms with E-state index in [1.54, 1.807) is 24.3 Å². The molecule has 0 spiro atoms. The number of hydrogen-bond donors (Lipinski definition) is 1. The smallest absolute Gasteiger partial charge is 0.166 e. The number of allylic oxidation sites excluding steroid dienone is 2. The highest BCUT2D eigenvalue weighted by Gasteiger charge is 2.09. The van der Waals surface area contributed by atoms with Gasteiger partial charge in [0.15, 0.2) is 5.78 Å². The van der Waals surface area contributed by atoms with Gasteiger partial charge in [-0.25, -0.2) is 0 Å². The molecule has 1 N–H and O–H groups in total. The van der Waals surface area contributed by atoms with Crippen LogP contribution in [0.2, 0.25) is 0 Å². The average Bonchev–Trinajstić information content (AvgIpc) is 2.65. The Balaban J connectivity index is 1.90. The van der Waals surface area contributed by atoms with E-state index in [9.17, 15) is 9.90 Å². The molecule has 0 heterocycles. The van der Waals surface area contributed by atoms with Gasteiger partial charge in [0, 0.05) is 6.42 Å². The highest BCUT2D eigenvalue weighted by Crippen LogP contribution is 2.19. The fourth-order valence-electron chi connectivity index (χ4n) is 3.20. The summed E-state index contributed by atoms with van der Waals surface area (Å²) in [4.78, 5) is 12.0. The Labute approximate surface area is 160 Å². The number of phenolic OH excluding ortho intramolecular Hbond substituents is 1. The van der Waals surface area contributed by atoms with Gasteiger partial charge in [0.05, 0.1) is 5.56 Å². The summed E-state index contributed by atoms with van der Waals surface area (Å²) >= 11 is 0. The number of phenols is 1. The van der Waals surface area contributed by atoms with Crippen LogP contribution in [0.15, 0.2) is 36.4 Å². The largest absolute Gasteiger partial charge is 0.507 e. The SMILES string of the molecule is CCCCCCCC/C=C\CCCCCCCC(=O)c1ccccc1O. The Bertz CT molecular complexity index is 505. The normalized spacial score (nSPS) is 11.3. The fraction of sp³-hybridized carbons (Fsp3) is 0.625. The molecule has 1 aromatic carbocycles. The number of hydrogen-bond acceptors (Lipinski definition) is 2. The molecule has 2 nitrogen and oxygen atoms in total. The van der Waals surface area contributed by atoms with Crippen LogP contribution in [0.5, 0.6) is 5.75 Å². The van der Waals surface area contributed by atoms with Crippen molar-refractivity contribution in [2.45, 2.75) is 96.8 Å². The number of ketones is 1. The van der Waals surface area contributed by atoms with Crippen LogP contribution in [0.3, 0.4) is 0 Å². The summed E-state index contributed by atoms with van der Waals surface area (Å²) < 4.78 is 0. The third-order valence-electron chi connectivity index (χ3n) is 4.87. The summed E-state index contributed by atoms with van der Waals surface area (Å²) in [6.07, 6.45) is 21.6. The van der Waals surface area contributed by atoms with E-state index < -0.39 is 0 Å². The van der Waals surface area contributed by atoms with Crippen molar-refractivity contribution < 1.29 is 9.90 Å². The average molecular weight is 359 g/mol. The zero-order valence-electron chi connectivity index (χ0n) is 16.7. The first-order valence-electron chi connectivity index (χ1n) is 10.7. The monoisotopic (exact) mass is 358 g/mol. The summed E-state index contributed by atoms with van der Waals surface area (Å²) in [5.74, 6) is 0.158. The Hall–Kier alpha value is -1.57. The van der Waals surface area contributed by atoms with Crippen LogP contribution < -0.4 is 0 Å². The Morgan fingerprint density at radius 2 is 1.35 bits per heavy atom. The van der Waals surface area contributed by atoms with E-state index in [2.05, 4.69) is 19.1 Å². The van der Waals surface area contributed by atoms with Crippen molar-refractivity contribution in [1.29, 1.82) is 0 Å². The van der Waals surface area contributed by atoms with Gasteiger partial charge in [-0.1, -0.05) is 82.6 Å². The van der Waals surface area contributed by atoms with Gasteiger partial charge in [-0.3, -0.25) is 4.79 Å². The lowest BCUT2D eigenvalue weighted by atomic mass is 10.0. The van der Waals surface area contributed by atoms with E-state index in [1.807, 2.05) is 0 Å². The number of unbranched alkanes of at least 4 members (excludes halogenated alkanes) is 11. The van der Waals surface area contributed by atoms with Crippen molar-refractivity contribution in [1.82, 2.24) is 0 Å². The van der Waals surface area contributed by atoms with Crippen molar-refractivity contribution >= 4 is 5.78 Å². The van der Waals surface area contributed by atoms with Crippen LogP contribution in [-0.2, 0) is 0 Å². The highest BCUT2D eigenvalue weighted by molar-refractivity contribution is 5.98. The third-order valence-corrected chi connectivity index (χ3v) is 4.87. The Morgan fingerprint density at radius 3 is 1.96 bits per heavy atom. The molecule has 0 saturated carbocycles. The van der Waals surface area contributed by atoms with Gasteiger partial charge >= 0.3 is 0 Å². The molecule has 0 amide bonds. The second-order valence-electron chi connectivity index (χ2n) is 7.27. The molecule has 26 heavy (non-hydrogen) atoms. The minimum Gasteiger partial charge on any atom is -0.507 e.